The van der Waals surface area contributed by atoms with Crippen molar-refractivity contribution in [2.24, 2.45) is 0 Å². The smallest absolute Gasteiger partial charge is 0.239 e. The number of nitrogens with one attached hydrogen (secondary N) is 2. The van der Waals surface area contributed by atoms with Crippen LogP contribution < -0.4 is 15.5 Å². The normalized spacial score (nSPS) is 10.0. The number of rotatable bonds is 6. The molecule has 0 atom stereocenters. The van der Waals surface area contributed by atoms with E-state index in [1.807, 2.05) is 6.92 Å². The summed E-state index contributed by atoms with van der Waals surface area (Å²) < 4.78 is 0. The lowest BCUT2D eigenvalue weighted by atomic mass is 10.4. The van der Waals surface area contributed by atoms with Crippen LogP contribution in [0.25, 0.3) is 0 Å². The number of anilines is 2. The summed E-state index contributed by atoms with van der Waals surface area (Å²) in [7, 11) is 3.28. The molecule has 1 heterocycles. The number of hydrogen-bond donors (Lipinski definition) is 2. The fourth-order valence-electron chi connectivity index (χ4n) is 1.36. The molecule has 1 rings (SSSR count). The zero-order chi connectivity index (χ0) is 13.5. The van der Waals surface area contributed by atoms with Gasteiger partial charge in [0.15, 0.2) is 0 Å². The van der Waals surface area contributed by atoms with E-state index >= 15 is 0 Å². The Morgan fingerprint density at radius 1 is 1.33 bits per heavy atom. The maximum absolute atomic E-state index is 11.4. The molecule has 18 heavy (non-hydrogen) atoms. The third-order valence-electron chi connectivity index (χ3n) is 2.21. The molecule has 0 bridgehead atoms. The molecule has 1 amide bonds. The van der Waals surface area contributed by atoms with Gasteiger partial charge in [0.1, 0.15) is 0 Å². The van der Waals surface area contributed by atoms with Crippen LogP contribution in [0.2, 0.25) is 5.28 Å². The summed E-state index contributed by atoms with van der Waals surface area (Å²) in [6.45, 7) is 2.86. The molecule has 1 aromatic heterocycles. The van der Waals surface area contributed by atoms with Gasteiger partial charge >= 0.3 is 0 Å². The topological polar surface area (TPSA) is 83.0 Å². The molecule has 100 valence electrons. The van der Waals surface area contributed by atoms with Crippen molar-refractivity contribution in [1.29, 1.82) is 0 Å². The van der Waals surface area contributed by atoms with Gasteiger partial charge in [0.2, 0.25) is 23.1 Å². The standard InChI is InChI=1S/C10H17ClN6O/c1-4-5-17(6-7(18)12-2)10-15-8(11)14-9(13-3)16-10/h4-6H2,1-3H3,(H,12,18)(H,13,14,15,16). The summed E-state index contributed by atoms with van der Waals surface area (Å²) in [5.41, 5.74) is 0. The Balaban J connectivity index is 2.96. The number of amides is 1. The predicted octanol–water partition coefficient (Wildman–Crippen LogP) is 0.529. The first-order valence-electron chi connectivity index (χ1n) is 5.65. The van der Waals surface area contributed by atoms with Crippen LogP contribution in [0.4, 0.5) is 11.9 Å². The van der Waals surface area contributed by atoms with Crippen molar-refractivity contribution >= 4 is 29.4 Å². The largest absolute Gasteiger partial charge is 0.358 e. The first-order chi connectivity index (χ1) is 8.60. The van der Waals surface area contributed by atoms with E-state index in [4.69, 9.17) is 11.6 Å². The molecule has 2 N–H and O–H groups in total. The van der Waals surface area contributed by atoms with Crippen molar-refractivity contribution in [3.63, 3.8) is 0 Å². The quantitative estimate of drug-likeness (QED) is 0.786. The lowest BCUT2D eigenvalue weighted by Gasteiger charge is -2.21. The maximum atomic E-state index is 11.4. The van der Waals surface area contributed by atoms with Gasteiger partial charge in [-0.15, -0.1) is 0 Å². The summed E-state index contributed by atoms with van der Waals surface area (Å²) >= 11 is 5.81. The summed E-state index contributed by atoms with van der Waals surface area (Å²) in [5, 5.41) is 5.46. The SMILES string of the molecule is CCCN(CC(=O)NC)c1nc(Cl)nc(NC)n1. The van der Waals surface area contributed by atoms with Crippen molar-refractivity contribution in [2.75, 3.05) is 37.4 Å². The Morgan fingerprint density at radius 2 is 2.06 bits per heavy atom. The van der Waals surface area contributed by atoms with Crippen LogP contribution in [0, 0.1) is 0 Å². The van der Waals surface area contributed by atoms with Gasteiger partial charge in [0, 0.05) is 20.6 Å². The van der Waals surface area contributed by atoms with Crippen LogP contribution in [-0.2, 0) is 4.79 Å². The molecule has 0 radical (unpaired) electrons. The highest BCUT2D eigenvalue weighted by atomic mass is 35.5. The van der Waals surface area contributed by atoms with Crippen molar-refractivity contribution in [2.45, 2.75) is 13.3 Å². The Kier molecular flexibility index (Phi) is 5.57. The number of carbonyl (C=O) groups excluding carboxylic acids is 1. The van der Waals surface area contributed by atoms with E-state index in [9.17, 15) is 4.79 Å². The number of hydrogen-bond acceptors (Lipinski definition) is 6. The summed E-state index contributed by atoms with van der Waals surface area (Å²) in [6.07, 6.45) is 0.870. The van der Waals surface area contributed by atoms with Gasteiger partial charge in [-0.1, -0.05) is 6.92 Å². The molecule has 0 fully saturated rings. The lowest BCUT2D eigenvalue weighted by Crippen LogP contribution is -2.37. The van der Waals surface area contributed by atoms with Gasteiger partial charge in [0.25, 0.3) is 0 Å². The molecule has 0 aromatic carbocycles. The highest BCUT2D eigenvalue weighted by Crippen LogP contribution is 2.13. The Morgan fingerprint density at radius 3 is 2.61 bits per heavy atom. The Bertz CT molecular complexity index is 413. The first kappa shape index (κ1) is 14.4. The molecule has 0 unspecified atom stereocenters. The zero-order valence-corrected chi connectivity index (χ0v) is 11.5. The van der Waals surface area contributed by atoms with Gasteiger partial charge < -0.3 is 15.5 Å². The van der Waals surface area contributed by atoms with Crippen molar-refractivity contribution in [1.82, 2.24) is 20.3 Å². The predicted molar refractivity (Wildman–Crippen MR) is 71.0 cm³/mol. The first-order valence-corrected chi connectivity index (χ1v) is 6.03. The molecule has 0 saturated carbocycles. The minimum Gasteiger partial charge on any atom is -0.358 e. The van der Waals surface area contributed by atoms with Gasteiger partial charge in [-0.05, 0) is 18.0 Å². The van der Waals surface area contributed by atoms with Crippen molar-refractivity contribution in [3.05, 3.63) is 5.28 Å². The number of likely N-dealkylation sites (N-methyl/N-ethyl adjacent to an activating group) is 1. The van der Waals surface area contributed by atoms with Gasteiger partial charge in [-0.3, -0.25) is 4.79 Å². The van der Waals surface area contributed by atoms with Crippen LogP contribution in [-0.4, -0.2) is 48.0 Å². The van der Waals surface area contributed by atoms with Crippen LogP contribution >= 0.6 is 11.6 Å². The zero-order valence-electron chi connectivity index (χ0n) is 10.7. The molecule has 7 nitrogen and oxygen atoms in total. The van der Waals surface area contributed by atoms with E-state index in [0.717, 1.165) is 6.42 Å². The molecule has 0 spiro atoms. The van der Waals surface area contributed by atoms with Crippen LogP contribution in [0.3, 0.4) is 0 Å². The second-order valence-corrected chi connectivity index (χ2v) is 3.91. The molecule has 8 heteroatoms. The highest BCUT2D eigenvalue weighted by Gasteiger charge is 2.14. The number of halogens is 1. The fourth-order valence-corrected chi connectivity index (χ4v) is 1.52. The molecular weight excluding hydrogens is 256 g/mol. The van der Waals surface area contributed by atoms with Crippen LogP contribution in [0.15, 0.2) is 0 Å². The average Bonchev–Trinajstić information content (AvgIpc) is 2.37. The Hall–Kier alpha value is -1.63. The second-order valence-electron chi connectivity index (χ2n) is 3.57. The summed E-state index contributed by atoms with van der Waals surface area (Å²) in [5.74, 6) is 0.666. The van der Waals surface area contributed by atoms with E-state index in [2.05, 4.69) is 25.6 Å². The third kappa shape index (κ3) is 3.99. The summed E-state index contributed by atoms with van der Waals surface area (Å²) in [6, 6.07) is 0. The number of aromatic nitrogens is 3. The monoisotopic (exact) mass is 272 g/mol. The van der Waals surface area contributed by atoms with Crippen LogP contribution in [0.5, 0.6) is 0 Å². The fraction of sp³-hybridized carbons (Fsp3) is 0.600. The van der Waals surface area contributed by atoms with E-state index in [1.54, 1.807) is 19.0 Å². The summed E-state index contributed by atoms with van der Waals surface area (Å²) in [4.78, 5) is 25.3. The molecular formula is C10H17ClN6O. The molecule has 0 aliphatic carbocycles. The van der Waals surface area contributed by atoms with Crippen molar-refractivity contribution < 1.29 is 4.79 Å². The number of nitrogens with zero attached hydrogens (tertiary/aromatic N) is 4. The van der Waals surface area contributed by atoms with Gasteiger partial charge in [-0.25, -0.2) is 0 Å². The molecule has 0 aliphatic rings. The van der Waals surface area contributed by atoms with E-state index in [-0.39, 0.29) is 17.7 Å². The minimum absolute atomic E-state index is 0.0994. The third-order valence-corrected chi connectivity index (χ3v) is 2.38. The number of carbonyl (C=O) groups is 1. The molecule has 0 aliphatic heterocycles. The van der Waals surface area contributed by atoms with E-state index < -0.39 is 0 Å². The lowest BCUT2D eigenvalue weighted by molar-refractivity contribution is -0.119. The van der Waals surface area contributed by atoms with E-state index in [0.29, 0.717) is 18.4 Å². The highest BCUT2D eigenvalue weighted by molar-refractivity contribution is 6.28. The van der Waals surface area contributed by atoms with Crippen LogP contribution in [0.1, 0.15) is 13.3 Å². The maximum Gasteiger partial charge on any atom is 0.239 e. The van der Waals surface area contributed by atoms with Gasteiger partial charge in [0.05, 0.1) is 6.54 Å². The van der Waals surface area contributed by atoms with Crippen molar-refractivity contribution in [3.8, 4) is 0 Å². The molecule has 1 aromatic rings. The van der Waals surface area contributed by atoms with E-state index in [1.165, 1.54) is 0 Å². The average molecular weight is 273 g/mol. The molecule has 0 saturated heterocycles. The minimum atomic E-state index is -0.106. The van der Waals surface area contributed by atoms with Gasteiger partial charge in [-0.2, -0.15) is 15.0 Å². The second kappa shape index (κ2) is 6.95. The Labute approximate surface area is 111 Å².